The van der Waals surface area contributed by atoms with Gasteiger partial charge in [-0.1, -0.05) is 25.1 Å². The Morgan fingerprint density at radius 2 is 1.76 bits per heavy atom. The number of benzene rings is 2. The molecule has 2 aromatic heterocycles. The Morgan fingerprint density at radius 3 is 2.45 bits per heavy atom. The molecule has 168 valence electrons. The zero-order chi connectivity index (χ0) is 23.4. The van der Waals surface area contributed by atoms with E-state index in [1.165, 1.54) is 0 Å². The second-order valence-corrected chi connectivity index (χ2v) is 7.61. The van der Waals surface area contributed by atoms with E-state index in [4.69, 9.17) is 4.74 Å². The molecule has 2 amide bonds. The number of aromatic nitrogens is 4. The minimum atomic E-state index is -0.299. The van der Waals surface area contributed by atoms with Gasteiger partial charge in [0.15, 0.2) is 0 Å². The number of nitrogens with zero attached hydrogens (tertiary/aromatic N) is 4. The van der Waals surface area contributed by atoms with Crippen LogP contribution in [0.4, 0.5) is 16.2 Å². The predicted molar refractivity (Wildman–Crippen MR) is 128 cm³/mol. The van der Waals surface area contributed by atoms with E-state index < -0.39 is 0 Å². The summed E-state index contributed by atoms with van der Waals surface area (Å²) in [5.41, 5.74) is 4.49. The van der Waals surface area contributed by atoms with Crippen molar-refractivity contribution in [3.05, 3.63) is 83.7 Å². The number of anilines is 2. The molecular formula is C25H26N6O2. The zero-order valence-electron chi connectivity index (χ0n) is 19.1. The van der Waals surface area contributed by atoms with E-state index in [0.29, 0.717) is 29.0 Å². The Labute approximate surface area is 192 Å². The number of para-hydroxylation sites is 1. The SMILES string of the molecule is CCc1ccccc1NC(=O)Nc1ccc(Oc2cc(-n3cnc(C)c3C)nc(C)n2)cc1. The van der Waals surface area contributed by atoms with Crippen molar-refractivity contribution in [3.63, 3.8) is 0 Å². The molecule has 0 radical (unpaired) electrons. The lowest BCUT2D eigenvalue weighted by Crippen LogP contribution is -2.20. The van der Waals surface area contributed by atoms with Crippen molar-refractivity contribution in [2.24, 2.45) is 0 Å². The number of carbonyl (C=O) groups is 1. The normalized spacial score (nSPS) is 10.7. The molecule has 0 aliphatic rings. The number of urea groups is 1. The molecule has 4 rings (SSSR count). The lowest BCUT2D eigenvalue weighted by molar-refractivity contribution is 0.262. The molecule has 4 aromatic rings. The van der Waals surface area contributed by atoms with Crippen LogP contribution in [-0.4, -0.2) is 25.6 Å². The van der Waals surface area contributed by atoms with Crippen molar-refractivity contribution >= 4 is 17.4 Å². The van der Waals surface area contributed by atoms with Gasteiger partial charge < -0.3 is 15.4 Å². The Balaban J connectivity index is 1.44. The summed E-state index contributed by atoms with van der Waals surface area (Å²) in [6.07, 6.45) is 2.58. The number of ether oxygens (including phenoxy) is 1. The fourth-order valence-electron chi connectivity index (χ4n) is 3.39. The summed E-state index contributed by atoms with van der Waals surface area (Å²) in [6, 6.07) is 16.3. The summed E-state index contributed by atoms with van der Waals surface area (Å²) in [5, 5.41) is 5.73. The first kappa shape index (κ1) is 22.0. The molecule has 33 heavy (non-hydrogen) atoms. The van der Waals surface area contributed by atoms with Crippen molar-refractivity contribution in [1.82, 2.24) is 19.5 Å². The number of aryl methyl sites for hydroxylation is 3. The summed E-state index contributed by atoms with van der Waals surface area (Å²) in [6.45, 7) is 7.81. The first-order valence-corrected chi connectivity index (χ1v) is 10.7. The standard InChI is InChI=1S/C25H26N6O2/c1-5-19-8-6-7-9-22(19)30-25(32)29-20-10-12-21(13-11-20)33-24-14-23(27-18(4)28-24)31-15-26-16(2)17(31)3/h6-15H,5H2,1-4H3,(H2,29,30,32). The first-order valence-electron chi connectivity index (χ1n) is 10.7. The molecular weight excluding hydrogens is 416 g/mol. The molecule has 0 spiro atoms. The molecule has 0 unspecified atom stereocenters. The topological polar surface area (TPSA) is 94.0 Å². The van der Waals surface area contributed by atoms with Gasteiger partial charge in [-0.15, -0.1) is 0 Å². The zero-order valence-corrected chi connectivity index (χ0v) is 19.1. The predicted octanol–water partition coefficient (Wildman–Crippen LogP) is 5.59. The minimum Gasteiger partial charge on any atom is -0.439 e. The molecule has 2 N–H and O–H groups in total. The van der Waals surface area contributed by atoms with E-state index in [-0.39, 0.29) is 6.03 Å². The number of amides is 2. The van der Waals surface area contributed by atoms with Gasteiger partial charge in [0.05, 0.1) is 5.69 Å². The van der Waals surface area contributed by atoms with Crippen LogP contribution < -0.4 is 15.4 Å². The van der Waals surface area contributed by atoms with Crippen molar-refractivity contribution in [2.75, 3.05) is 10.6 Å². The molecule has 0 bridgehead atoms. The van der Waals surface area contributed by atoms with Crippen LogP contribution >= 0.6 is 0 Å². The lowest BCUT2D eigenvalue weighted by atomic mass is 10.1. The largest absolute Gasteiger partial charge is 0.439 e. The summed E-state index contributed by atoms with van der Waals surface area (Å²) < 4.78 is 7.84. The third kappa shape index (κ3) is 5.17. The monoisotopic (exact) mass is 442 g/mol. The molecule has 2 heterocycles. The fraction of sp³-hybridized carbons (Fsp3) is 0.200. The fourth-order valence-corrected chi connectivity index (χ4v) is 3.39. The Kier molecular flexibility index (Phi) is 6.35. The number of hydrogen-bond donors (Lipinski definition) is 2. The number of carbonyl (C=O) groups excluding carboxylic acids is 1. The second-order valence-electron chi connectivity index (χ2n) is 7.61. The van der Waals surface area contributed by atoms with E-state index in [0.717, 1.165) is 29.1 Å². The van der Waals surface area contributed by atoms with Crippen LogP contribution in [0.2, 0.25) is 0 Å². The highest BCUT2D eigenvalue weighted by Gasteiger charge is 2.11. The summed E-state index contributed by atoms with van der Waals surface area (Å²) >= 11 is 0. The molecule has 0 aliphatic carbocycles. The molecule has 0 atom stereocenters. The molecule has 8 nitrogen and oxygen atoms in total. The van der Waals surface area contributed by atoms with Crippen LogP contribution in [0.5, 0.6) is 11.6 Å². The molecule has 0 saturated heterocycles. The maximum absolute atomic E-state index is 12.4. The highest BCUT2D eigenvalue weighted by Crippen LogP contribution is 2.24. The van der Waals surface area contributed by atoms with Crippen LogP contribution in [-0.2, 0) is 6.42 Å². The van der Waals surface area contributed by atoms with Crippen LogP contribution in [0, 0.1) is 20.8 Å². The molecule has 0 saturated carbocycles. The van der Waals surface area contributed by atoms with Crippen molar-refractivity contribution in [2.45, 2.75) is 34.1 Å². The summed E-state index contributed by atoms with van der Waals surface area (Å²) in [4.78, 5) is 25.6. The number of hydrogen-bond acceptors (Lipinski definition) is 5. The number of imidazole rings is 1. The maximum Gasteiger partial charge on any atom is 0.323 e. The van der Waals surface area contributed by atoms with Gasteiger partial charge in [-0.3, -0.25) is 4.57 Å². The van der Waals surface area contributed by atoms with Gasteiger partial charge in [-0.05, 0) is 63.1 Å². The third-order valence-electron chi connectivity index (χ3n) is 5.28. The van der Waals surface area contributed by atoms with Gasteiger partial charge in [-0.2, -0.15) is 4.98 Å². The lowest BCUT2D eigenvalue weighted by Gasteiger charge is -2.12. The molecule has 0 aliphatic heterocycles. The maximum atomic E-state index is 12.4. The Bertz CT molecular complexity index is 1280. The van der Waals surface area contributed by atoms with Gasteiger partial charge in [0, 0.05) is 23.1 Å². The van der Waals surface area contributed by atoms with Gasteiger partial charge in [0.1, 0.15) is 23.7 Å². The van der Waals surface area contributed by atoms with Crippen LogP contribution in [0.3, 0.4) is 0 Å². The van der Waals surface area contributed by atoms with Crippen molar-refractivity contribution in [1.29, 1.82) is 0 Å². The van der Waals surface area contributed by atoms with Gasteiger partial charge >= 0.3 is 6.03 Å². The minimum absolute atomic E-state index is 0.299. The van der Waals surface area contributed by atoms with E-state index in [2.05, 4.69) is 32.5 Å². The number of nitrogens with one attached hydrogen (secondary N) is 2. The highest BCUT2D eigenvalue weighted by atomic mass is 16.5. The van der Waals surface area contributed by atoms with Gasteiger partial charge in [0.2, 0.25) is 5.88 Å². The van der Waals surface area contributed by atoms with Crippen molar-refractivity contribution in [3.8, 4) is 17.4 Å². The van der Waals surface area contributed by atoms with E-state index in [9.17, 15) is 4.79 Å². The van der Waals surface area contributed by atoms with Gasteiger partial charge in [0.25, 0.3) is 0 Å². The average Bonchev–Trinajstić information content (AvgIpc) is 3.13. The number of rotatable bonds is 6. The van der Waals surface area contributed by atoms with Crippen LogP contribution in [0.25, 0.3) is 5.82 Å². The van der Waals surface area contributed by atoms with E-state index in [1.807, 2.05) is 49.6 Å². The van der Waals surface area contributed by atoms with E-state index >= 15 is 0 Å². The van der Waals surface area contributed by atoms with Crippen LogP contribution in [0.15, 0.2) is 60.9 Å². The molecule has 0 fully saturated rings. The molecule has 8 heteroatoms. The Morgan fingerprint density at radius 1 is 1.00 bits per heavy atom. The quantitative estimate of drug-likeness (QED) is 0.406. The Hall–Kier alpha value is -4.20. The summed E-state index contributed by atoms with van der Waals surface area (Å²) in [7, 11) is 0. The third-order valence-corrected chi connectivity index (χ3v) is 5.28. The second kappa shape index (κ2) is 9.52. The van der Waals surface area contributed by atoms with E-state index in [1.54, 1.807) is 36.7 Å². The summed E-state index contributed by atoms with van der Waals surface area (Å²) in [5.74, 6) is 2.31. The average molecular weight is 443 g/mol. The smallest absolute Gasteiger partial charge is 0.323 e. The highest BCUT2D eigenvalue weighted by molar-refractivity contribution is 6.00. The van der Waals surface area contributed by atoms with Crippen LogP contribution in [0.1, 0.15) is 29.7 Å². The van der Waals surface area contributed by atoms with Gasteiger partial charge in [-0.25, -0.2) is 14.8 Å². The van der Waals surface area contributed by atoms with Crippen molar-refractivity contribution < 1.29 is 9.53 Å². The first-order chi connectivity index (χ1) is 15.9. The molecule has 2 aromatic carbocycles.